The van der Waals surface area contributed by atoms with Gasteiger partial charge < -0.3 is 15.0 Å². The first kappa shape index (κ1) is 17.6. The normalized spacial score (nSPS) is 19.5. The maximum absolute atomic E-state index is 11.8. The topological polar surface area (TPSA) is 67.0 Å². The molecule has 5 nitrogen and oxygen atoms in total. The zero-order chi connectivity index (χ0) is 18.8. The molecule has 27 heavy (non-hydrogen) atoms. The van der Waals surface area contributed by atoms with E-state index in [1.807, 2.05) is 44.4 Å². The molecule has 0 saturated heterocycles. The quantitative estimate of drug-likeness (QED) is 0.685. The molecule has 1 fully saturated rings. The predicted octanol–water partition coefficient (Wildman–Crippen LogP) is 5.00. The van der Waals surface area contributed by atoms with E-state index < -0.39 is 0 Å². The molecule has 4 rings (SSSR count). The highest BCUT2D eigenvalue weighted by atomic mass is 16.6. The van der Waals surface area contributed by atoms with Crippen LogP contribution in [0.2, 0.25) is 0 Å². The monoisotopic (exact) mass is 363 g/mol. The minimum Gasteiger partial charge on any atom is -0.446 e. The van der Waals surface area contributed by atoms with Crippen LogP contribution < -0.4 is 5.32 Å². The average Bonchev–Trinajstić information content (AvgIpc) is 3.28. The van der Waals surface area contributed by atoms with Crippen molar-refractivity contribution in [3.05, 3.63) is 54.4 Å². The smallest absolute Gasteiger partial charge is 0.407 e. The zero-order valence-corrected chi connectivity index (χ0v) is 15.7. The lowest BCUT2D eigenvalue weighted by atomic mass is 9.97. The van der Waals surface area contributed by atoms with Crippen molar-refractivity contribution in [3.63, 3.8) is 0 Å². The van der Waals surface area contributed by atoms with Gasteiger partial charge in [0.2, 0.25) is 0 Å². The number of hydrogen-bond donors (Lipinski definition) is 2. The fourth-order valence-corrected chi connectivity index (χ4v) is 3.87. The van der Waals surface area contributed by atoms with E-state index in [-0.39, 0.29) is 18.2 Å². The van der Waals surface area contributed by atoms with Crippen LogP contribution in [0.1, 0.15) is 44.6 Å². The van der Waals surface area contributed by atoms with Crippen LogP contribution in [0.5, 0.6) is 0 Å². The van der Waals surface area contributed by atoms with Gasteiger partial charge >= 0.3 is 6.09 Å². The molecule has 1 amide bonds. The van der Waals surface area contributed by atoms with Crippen LogP contribution in [0.15, 0.2) is 48.8 Å². The second-order valence-electron chi connectivity index (χ2n) is 7.57. The summed E-state index contributed by atoms with van der Waals surface area (Å²) in [6.07, 6.45) is 6.39. The first-order valence-corrected chi connectivity index (χ1v) is 9.59. The van der Waals surface area contributed by atoms with E-state index in [4.69, 9.17) is 4.74 Å². The number of nitrogens with one attached hydrogen (secondary N) is 2. The number of H-pyrrole nitrogens is 1. The highest BCUT2D eigenvalue weighted by Crippen LogP contribution is 2.38. The highest BCUT2D eigenvalue weighted by Gasteiger charge is 2.29. The van der Waals surface area contributed by atoms with Crippen molar-refractivity contribution in [1.82, 2.24) is 15.3 Å². The summed E-state index contributed by atoms with van der Waals surface area (Å²) in [5.41, 5.74) is 4.47. The molecule has 5 heteroatoms. The van der Waals surface area contributed by atoms with Gasteiger partial charge in [0.25, 0.3) is 0 Å². The Hall–Kier alpha value is -2.82. The van der Waals surface area contributed by atoms with E-state index in [9.17, 15) is 4.79 Å². The van der Waals surface area contributed by atoms with Crippen LogP contribution in [-0.2, 0) is 4.74 Å². The molecule has 140 valence electrons. The molecule has 0 bridgehead atoms. The van der Waals surface area contributed by atoms with Crippen LogP contribution in [-0.4, -0.2) is 28.2 Å². The van der Waals surface area contributed by atoms with Gasteiger partial charge in [0.1, 0.15) is 11.8 Å². The van der Waals surface area contributed by atoms with Gasteiger partial charge in [-0.2, -0.15) is 0 Å². The fourth-order valence-electron chi connectivity index (χ4n) is 3.87. The molecule has 1 saturated carbocycles. The summed E-state index contributed by atoms with van der Waals surface area (Å²) < 4.78 is 5.56. The van der Waals surface area contributed by atoms with Crippen molar-refractivity contribution in [3.8, 4) is 11.1 Å². The lowest BCUT2D eigenvalue weighted by Gasteiger charge is -2.15. The van der Waals surface area contributed by atoms with Crippen LogP contribution in [0, 0.1) is 0 Å². The molecule has 1 aromatic carbocycles. The first-order valence-electron chi connectivity index (χ1n) is 9.59. The SMILES string of the molecule is CC(C)NC(=O)O[C@@H]1CC[C@H](c2cnc3[nH]cc(-c4ccccc4)c3c2)C1. The largest absolute Gasteiger partial charge is 0.446 e. The third kappa shape index (κ3) is 3.82. The van der Waals surface area contributed by atoms with E-state index in [2.05, 4.69) is 33.5 Å². The van der Waals surface area contributed by atoms with Gasteiger partial charge in [-0.25, -0.2) is 9.78 Å². The summed E-state index contributed by atoms with van der Waals surface area (Å²) in [6, 6.07) is 12.7. The Balaban J connectivity index is 1.52. The molecular weight excluding hydrogens is 338 g/mol. The number of ether oxygens (including phenoxy) is 1. The highest BCUT2D eigenvalue weighted by molar-refractivity contribution is 5.93. The summed E-state index contributed by atoms with van der Waals surface area (Å²) in [7, 11) is 0. The molecule has 2 aromatic heterocycles. The van der Waals surface area contributed by atoms with Gasteiger partial charge in [0.05, 0.1) is 0 Å². The molecule has 2 atom stereocenters. The van der Waals surface area contributed by atoms with Crippen molar-refractivity contribution >= 4 is 17.1 Å². The standard InChI is InChI=1S/C22H25N3O2/c1-14(2)25-22(26)27-18-9-8-16(10-18)17-11-19-20(13-24-21(19)23-12-17)15-6-4-3-5-7-15/h3-7,11-14,16,18H,8-10H2,1-2H3,(H,23,24)(H,25,26)/t16-,18+/m0/s1. The minimum atomic E-state index is -0.318. The van der Waals surface area contributed by atoms with Crippen molar-refractivity contribution in [1.29, 1.82) is 0 Å². The number of benzene rings is 1. The number of nitrogens with zero attached hydrogens (tertiary/aromatic N) is 1. The molecule has 1 aliphatic carbocycles. The van der Waals surface area contributed by atoms with E-state index in [1.165, 1.54) is 16.7 Å². The van der Waals surface area contributed by atoms with Crippen molar-refractivity contribution in [2.45, 2.75) is 51.2 Å². The lowest BCUT2D eigenvalue weighted by Crippen LogP contribution is -2.33. The number of aromatic amines is 1. The van der Waals surface area contributed by atoms with E-state index >= 15 is 0 Å². The van der Waals surface area contributed by atoms with Gasteiger partial charge in [-0.1, -0.05) is 30.3 Å². The molecule has 2 N–H and O–H groups in total. The third-order valence-corrected chi connectivity index (χ3v) is 5.17. The molecular formula is C22H25N3O2. The summed E-state index contributed by atoms with van der Waals surface area (Å²) in [5, 5.41) is 3.93. The van der Waals surface area contributed by atoms with Crippen molar-refractivity contribution < 1.29 is 9.53 Å². The molecule has 0 aliphatic heterocycles. The molecule has 2 heterocycles. The Morgan fingerprint density at radius 3 is 2.85 bits per heavy atom. The van der Waals surface area contributed by atoms with Gasteiger partial charge in [-0.05, 0) is 56.2 Å². The molecule has 0 unspecified atom stereocenters. The number of aromatic nitrogens is 2. The van der Waals surface area contributed by atoms with Gasteiger partial charge in [0.15, 0.2) is 0 Å². The van der Waals surface area contributed by atoms with E-state index in [0.717, 1.165) is 30.3 Å². The zero-order valence-electron chi connectivity index (χ0n) is 15.7. The summed E-state index contributed by atoms with van der Waals surface area (Å²) >= 11 is 0. The minimum absolute atomic E-state index is 0.0238. The second-order valence-corrected chi connectivity index (χ2v) is 7.57. The van der Waals surface area contributed by atoms with E-state index in [0.29, 0.717) is 5.92 Å². The van der Waals surface area contributed by atoms with Crippen molar-refractivity contribution in [2.24, 2.45) is 0 Å². The number of carbonyl (C=O) groups excluding carboxylic acids is 1. The number of hydrogen-bond acceptors (Lipinski definition) is 3. The van der Waals surface area contributed by atoms with Crippen LogP contribution in [0.4, 0.5) is 4.79 Å². The Morgan fingerprint density at radius 1 is 1.26 bits per heavy atom. The number of pyridine rings is 1. The Kier molecular flexibility index (Phi) is 4.84. The van der Waals surface area contributed by atoms with Crippen LogP contribution in [0.3, 0.4) is 0 Å². The summed E-state index contributed by atoms with van der Waals surface area (Å²) in [4.78, 5) is 19.7. The van der Waals surface area contributed by atoms with Crippen molar-refractivity contribution in [2.75, 3.05) is 0 Å². The molecule has 0 spiro atoms. The van der Waals surface area contributed by atoms with E-state index in [1.54, 1.807) is 0 Å². The van der Waals surface area contributed by atoms with Gasteiger partial charge in [0, 0.05) is 29.4 Å². The average molecular weight is 363 g/mol. The lowest BCUT2D eigenvalue weighted by molar-refractivity contribution is 0.0982. The maximum atomic E-state index is 11.8. The number of fused-ring (bicyclic) bond motifs is 1. The molecule has 1 aliphatic rings. The Labute approximate surface area is 159 Å². The van der Waals surface area contributed by atoms with Gasteiger partial charge in [-0.15, -0.1) is 0 Å². The molecule has 3 aromatic rings. The molecule has 0 radical (unpaired) electrons. The number of carbonyl (C=O) groups is 1. The summed E-state index contributed by atoms with van der Waals surface area (Å²) in [6.45, 7) is 3.86. The maximum Gasteiger partial charge on any atom is 0.407 e. The van der Waals surface area contributed by atoms with Crippen LogP contribution in [0.25, 0.3) is 22.2 Å². The number of amides is 1. The van der Waals surface area contributed by atoms with Crippen LogP contribution >= 0.6 is 0 Å². The predicted molar refractivity (Wildman–Crippen MR) is 107 cm³/mol. The summed E-state index contributed by atoms with van der Waals surface area (Å²) in [5.74, 6) is 0.372. The first-order chi connectivity index (χ1) is 13.1. The Bertz CT molecular complexity index is 933. The number of rotatable bonds is 4. The van der Waals surface area contributed by atoms with Gasteiger partial charge in [-0.3, -0.25) is 0 Å². The number of alkyl carbamates (subject to hydrolysis) is 1. The Morgan fingerprint density at radius 2 is 2.07 bits per heavy atom. The fraction of sp³-hybridized carbons (Fsp3) is 0.364. The third-order valence-electron chi connectivity index (χ3n) is 5.17. The second kappa shape index (κ2) is 7.43.